The number of halogens is 1. The molecule has 0 atom stereocenters. The van der Waals surface area contributed by atoms with Crippen LogP contribution in [0.4, 0.5) is 5.69 Å². The molecule has 2 aromatic carbocycles. The number of nitrogens with zero attached hydrogens (tertiary/aromatic N) is 1. The number of sulfonamides is 1. The Kier molecular flexibility index (Phi) is 5.86. The second-order valence-corrected chi connectivity index (χ2v) is 8.73. The van der Waals surface area contributed by atoms with E-state index in [0.29, 0.717) is 24.5 Å². The van der Waals surface area contributed by atoms with Crippen molar-refractivity contribution in [2.24, 2.45) is 0 Å². The second-order valence-electron chi connectivity index (χ2n) is 6.41. The molecule has 1 aliphatic heterocycles. The fourth-order valence-electron chi connectivity index (χ4n) is 2.79. The van der Waals surface area contributed by atoms with Gasteiger partial charge in [-0.3, -0.25) is 4.79 Å². The third-order valence-corrected chi connectivity index (χ3v) is 6.93. The van der Waals surface area contributed by atoms with E-state index in [4.69, 9.17) is 16.3 Å². The summed E-state index contributed by atoms with van der Waals surface area (Å²) < 4.78 is 32.3. The van der Waals surface area contributed by atoms with Gasteiger partial charge in [-0.25, -0.2) is 8.42 Å². The van der Waals surface area contributed by atoms with Crippen LogP contribution in [0.15, 0.2) is 41.3 Å². The molecular formula is C19H21ClN2O4S. The summed E-state index contributed by atoms with van der Waals surface area (Å²) in [5.74, 6) is -0.310. The van der Waals surface area contributed by atoms with Crippen molar-refractivity contribution in [3.05, 3.63) is 58.1 Å². The van der Waals surface area contributed by atoms with Crippen LogP contribution in [0, 0.1) is 13.8 Å². The van der Waals surface area contributed by atoms with Crippen LogP contribution >= 0.6 is 11.6 Å². The summed E-state index contributed by atoms with van der Waals surface area (Å²) in [4.78, 5) is 12.5. The van der Waals surface area contributed by atoms with Gasteiger partial charge in [-0.15, -0.1) is 0 Å². The van der Waals surface area contributed by atoms with Crippen molar-refractivity contribution >= 4 is 33.2 Å². The Hall–Kier alpha value is -1.93. The first-order valence-electron chi connectivity index (χ1n) is 8.55. The normalized spacial score (nSPS) is 15.5. The molecule has 0 unspecified atom stereocenters. The summed E-state index contributed by atoms with van der Waals surface area (Å²) in [7, 11) is -3.76. The molecule has 27 heavy (non-hydrogen) atoms. The quantitative estimate of drug-likeness (QED) is 0.842. The van der Waals surface area contributed by atoms with Gasteiger partial charge >= 0.3 is 0 Å². The molecule has 0 aliphatic carbocycles. The summed E-state index contributed by atoms with van der Waals surface area (Å²) in [5, 5.41) is 2.86. The highest BCUT2D eigenvalue weighted by atomic mass is 35.5. The van der Waals surface area contributed by atoms with Crippen molar-refractivity contribution in [1.29, 1.82) is 0 Å². The van der Waals surface area contributed by atoms with E-state index in [1.54, 1.807) is 18.2 Å². The van der Waals surface area contributed by atoms with Crippen LogP contribution in [-0.4, -0.2) is 44.9 Å². The molecule has 3 rings (SSSR count). The first-order valence-corrected chi connectivity index (χ1v) is 10.4. The Labute approximate surface area is 164 Å². The summed E-state index contributed by atoms with van der Waals surface area (Å²) in [6.07, 6.45) is 0. The van der Waals surface area contributed by atoms with Gasteiger partial charge in [0.25, 0.3) is 5.91 Å². The Bertz CT molecular complexity index is 970. The van der Waals surface area contributed by atoms with Crippen LogP contribution in [0.3, 0.4) is 0 Å². The molecular weight excluding hydrogens is 388 g/mol. The van der Waals surface area contributed by atoms with Crippen LogP contribution in [0.25, 0.3) is 0 Å². The number of benzene rings is 2. The van der Waals surface area contributed by atoms with E-state index in [0.717, 1.165) is 11.1 Å². The maximum atomic E-state index is 12.9. The maximum absolute atomic E-state index is 12.9. The lowest BCUT2D eigenvalue weighted by Crippen LogP contribution is -2.40. The zero-order valence-electron chi connectivity index (χ0n) is 15.2. The zero-order valence-corrected chi connectivity index (χ0v) is 16.7. The average molecular weight is 409 g/mol. The fourth-order valence-corrected chi connectivity index (χ4v) is 4.70. The van der Waals surface area contributed by atoms with Gasteiger partial charge in [0.2, 0.25) is 10.0 Å². The highest BCUT2D eigenvalue weighted by molar-refractivity contribution is 7.89. The van der Waals surface area contributed by atoms with Crippen molar-refractivity contribution in [2.75, 3.05) is 31.6 Å². The number of morpholine rings is 1. The zero-order chi connectivity index (χ0) is 19.6. The Morgan fingerprint density at radius 3 is 2.44 bits per heavy atom. The van der Waals surface area contributed by atoms with Crippen molar-refractivity contribution in [3.63, 3.8) is 0 Å². The van der Waals surface area contributed by atoms with Crippen LogP contribution < -0.4 is 5.32 Å². The summed E-state index contributed by atoms with van der Waals surface area (Å²) in [6.45, 7) is 5.15. The number of amides is 1. The number of carbonyl (C=O) groups is 1. The molecule has 8 heteroatoms. The number of hydrogen-bond donors (Lipinski definition) is 1. The van der Waals surface area contributed by atoms with Crippen molar-refractivity contribution in [3.8, 4) is 0 Å². The van der Waals surface area contributed by atoms with Gasteiger partial charge in [-0.1, -0.05) is 17.7 Å². The molecule has 0 spiro atoms. The van der Waals surface area contributed by atoms with E-state index in [2.05, 4.69) is 5.32 Å². The Morgan fingerprint density at radius 2 is 1.78 bits per heavy atom. The molecule has 1 fully saturated rings. The van der Waals surface area contributed by atoms with Crippen LogP contribution in [-0.2, 0) is 14.8 Å². The number of aryl methyl sites for hydroxylation is 2. The monoisotopic (exact) mass is 408 g/mol. The number of carbonyl (C=O) groups excluding carboxylic acids is 1. The Balaban J connectivity index is 1.86. The molecule has 1 amide bonds. The minimum atomic E-state index is -3.76. The van der Waals surface area contributed by atoms with E-state index in [1.165, 1.54) is 16.4 Å². The third kappa shape index (κ3) is 4.32. The third-order valence-electron chi connectivity index (χ3n) is 4.55. The SMILES string of the molecule is Cc1ccc(C(=O)Nc2ccc(Cl)c(S(=O)(=O)N3CCOCC3)c2)cc1C. The van der Waals surface area contributed by atoms with Gasteiger partial charge < -0.3 is 10.1 Å². The van der Waals surface area contributed by atoms with Crippen LogP contribution in [0.2, 0.25) is 5.02 Å². The Morgan fingerprint density at radius 1 is 1.07 bits per heavy atom. The van der Waals surface area contributed by atoms with Crippen LogP contribution in [0.5, 0.6) is 0 Å². The predicted molar refractivity (Wildman–Crippen MR) is 105 cm³/mol. The average Bonchev–Trinajstić information content (AvgIpc) is 2.66. The van der Waals surface area contributed by atoms with E-state index in [-0.39, 0.29) is 28.9 Å². The standard InChI is InChI=1S/C19H21ClN2O4S/c1-13-3-4-15(11-14(13)2)19(23)21-16-5-6-17(20)18(12-16)27(24,25)22-7-9-26-10-8-22/h3-6,11-12H,7-10H2,1-2H3,(H,21,23). The molecule has 1 saturated heterocycles. The summed E-state index contributed by atoms with van der Waals surface area (Å²) in [5.41, 5.74) is 2.98. The highest BCUT2D eigenvalue weighted by Gasteiger charge is 2.28. The first kappa shape index (κ1) is 19.8. The topological polar surface area (TPSA) is 75.7 Å². The predicted octanol–water partition coefficient (Wildman–Crippen LogP) is 3.23. The molecule has 0 aromatic heterocycles. The molecule has 0 bridgehead atoms. The summed E-state index contributed by atoms with van der Waals surface area (Å²) >= 11 is 6.14. The van der Waals surface area contributed by atoms with Gasteiger partial charge in [0.15, 0.2) is 0 Å². The van der Waals surface area contributed by atoms with Gasteiger partial charge in [0, 0.05) is 24.3 Å². The minimum absolute atomic E-state index is 0.0241. The maximum Gasteiger partial charge on any atom is 0.255 e. The number of hydrogen-bond acceptors (Lipinski definition) is 4. The lowest BCUT2D eigenvalue weighted by Gasteiger charge is -2.26. The first-order chi connectivity index (χ1) is 12.8. The molecule has 144 valence electrons. The fraction of sp³-hybridized carbons (Fsp3) is 0.316. The second kappa shape index (κ2) is 7.98. The van der Waals surface area contributed by atoms with Crippen LogP contribution in [0.1, 0.15) is 21.5 Å². The van der Waals surface area contributed by atoms with Gasteiger partial charge in [0.05, 0.1) is 18.2 Å². The van der Waals surface area contributed by atoms with Gasteiger partial charge in [-0.2, -0.15) is 4.31 Å². The van der Waals surface area contributed by atoms with Gasteiger partial charge in [0.1, 0.15) is 4.90 Å². The van der Waals surface area contributed by atoms with Crippen molar-refractivity contribution < 1.29 is 17.9 Å². The summed E-state index contributed by atoms with van der Waals surface area (Å²) in [6, 6.07) is 9.86. The largest absolute Gasteiger partial charge is 0.379 e. The molecule has 0 saturated carbocycles. The van der Waals surface area contributed by atoms with E-state index < -0.39 is 10.0 Å². The minimum Gasteiger partial charge on any atom is -0.379 e. The number of nitrogens with one attached hydrogen (secondary N) is 1. The van der Waals surface area contributed by atoms with E-state index in [1.807, 2.05) is 19.9 Å². The smallest absolute Gasteiger partial charge is 0.255 e. The lowest BCUT2D eigenvalue weighted by molar-refractivity contribution is 0.0730. The molecule has 2 aromatic rings. The van der Waals surface area contributed by atoms with Crippen molar-refractivity contribution in [1.82, 2.24) is 4.31 Å². The van der Waals surface area contributed by atoms with E-state index >= 15 is 0 Å². The van der Waals surface area contributed by atoms with Crippen molar-refractivity contribution in [2.45, 2.75) is 18.7 Å². The van der Waals surface area contributed by atoms with E-state index in [9.17, 15) is 13.2 Å². The molecule has 1 N–H and O–H groups in total. The molecule has 1 heterocycles. The number of anilines is 1. The number of ether oxygens (including phenoxy) is 1. The lowest BCUT2D eigenvalue weighted by atomic mass is 10.1. The number of rotatable bonds is 4. The molecule has 6 nitrogen and oxygen atoms in total. The molecule has 0 radical (unpaired) electrons. The molecule has 1 aliphatic rings. The van der Waals surface area contributed by atoms with Gasteiger partial charge in [-0.05, 0) is 55.3 Å². The highest BCUT2D eigenvalue weighted by Crippen LogP contribution is 2.28.